The minimum absolute atomic E-state index is 0.0148. The highest BCUT2D eigenvalue weighted by atomic mass is 16.1. The maximum Gasteiger partial charge on any atom is 0.229 e. The number of hydrogen-bond acceptors (Lipinski definition) is 6. The molecule has 0 bridgehead atoms. The quantitative estimate of drug-likeness (QED) is 0.619. The van der Waals surface area contributed by atoms with Crippen molar-refractivity contribution in [1.82, 2.24) is 19.5 Å². The summed E-state index contributed by atoms with van der Waals surface area (Å²) in [4.78, 5) is 28.3. The van der Waals surface area contributed by atoms with E-state index in [2.05, 4.69) is 25.3 Å². The highest BCUT2D eigenvalue weighted by Gasteiger charge is 1.97. The number of nitrogens with one attached hydrogen (secondary N) is 1. The van der Waals surface area contributed by atoms with Crippen LogP contribution in [0.4, 0.5) is 5.95 Å². The van der Waals surface area contributed by atoms with Gasteiger partial charge in [0, 0.05) is 43.1 Å². The Morgan fingerprint density at radius 2 is 2.08 bits per heavy atom. The van der Waals surface area contributed by atoms with E-state index in [9.17, 15) is 4.79 Å². The Kier molecular flexibility index (Phi) is 6.36. The third kappa shape index (κ3) is 5.42. The van der Waals surface area contributed by atoms with Gasteiger partial charge in [0.05, 0.1) is 0 Å². The molecule has 2 aromatic heterocycles. The van der Waals surface area contributed by atoms with E-state index in [1.165, 1.54) is 13.0 Å². The second-order valence-corrected chi connectivity index (χ2v) is 5.37. The van der Waals surface area contributed by atoms with E-state index >= 15 is 0 Å². The molecule has 0 amide bonds. The Balaban J connectivity index is 1.97. The molecule has 1 N–H and O–H groups in total. The van der Waals surface area contributed by atoms with Crippen LogP contribution in [0.2, 0.25) is 0 Å². The Morgan fingerprint density at radius 3 is 2.83 bits per heavy atom. The van der Waals surface area contributed by atoms with Gasteiger partial charge in [0.1, 0.15) is 0 Å². The number of aryl methyl sites for hydroxylation is 2. The van der Waals surface area contributed by atoms with Gasteiger partial charge >= 0.3 is 0 Å². The monoisotopic (exact) mass is 326 g/mol. The Labute approximate surface area is 141 Å². The van der Waals surface area contributed by atoms with Crippen molar-refractivity contribution in [3.8, 4) is 0 Å². The first-order valence-corrected chi connectivity index (χ1v) is 7.83. The van der Waals surface area contributed by atoms with E-state index in [-0.39, 0.29) is 5.78 Å². The van der Waals surface area contributed by atoms with Crippen LogP contribution in [-0.2, 0) is 4.79 Å². The zero-order chi connectivity index (χ0) is 17.4. The number of rotatable bonds is 7. The van der Waals surface area contributed by atoms with E-state index in [1.54, 1.807) is 23.2 Å². The van der Waals surface area contributed by atoms with Crippen LogP contribution in [0.5, 0.6) is 0 Å². The summed E-state index contributed by atoms with van der Waals surface area (Å²) in [7, 11) is 0. The summed E-state index contributed by atoms with van der Waals surface area (Å²) in [6.45, 7) is 6.73. The molecule has 2 rings (SSSR count). The summed E-state index contributed by atoms with van der Waals surface area (Å²) < 4.78 is 1.80. The first kappa shape index (κ1) is 17.5. The highest BCUT2D eigenvalue weighted by Crippen LogP contribution is 1.98. The average Bonchev–Trinajstić information content (AvgIpc) is 2.53. The molecule has 0 aliphatic carbocycles. The second kappa shape index (κ2) is 8.71. The average molecular weight is 326 g/mol. The van der Waals surface area contributed by atoms with Gasteiger partial charge in [-0.25, -0.2) is 15.0 Å². The molecule has 0 spiro atoms. The molecule has 7 heteroatoms. The zero-order valence-electron chi connectivity index (χ0n) is 14.2. The van der Waals surface area contributed by atoms with Crippen molar-refractivity contribution < 1.29 is 4.79 Å². The summed E-state index contributed by atoms with van der Waals surface area (Å²) in [6, 6.07) is 3.73. The second-order valence-electron chi connectivity index (χ2n) is 5.37. The minimum Gasteiger partial charge on any atom is -0.354 e. The van der Waals surface area contributed by atoms with E-state index in [0.717, 1.165) is 24.4 Å². The first-order chi connectivity index (χ1) is 11.6. The van der Waals surface area contributed by atoms with Gasteiger partial charge in [-0.3, -0.25) is 14.4 Å². The number of anilines is 1. The Bertz CT molecular complexity index is 794. The Hall–Kier alpha value is -2.83. The number of hydrogen-bond donors (Lipinski definition) is 1. The molecule has 126 valence electrons. The van der Waals surface area contributed by atoms with Crippen molar-refractivity contribution in [1.29, 1.82) is 0 Å². The smallest absolute Gasteiger partial charge is 0.229 e. The van der Waals surface area contributed by atoms with Crippen LogP contribution >= 0.6 is 0 Å². The van der Waals surface area contributed by atoms with Gasteiger partial charge in [-0.15, -0.1) is 0 Å². The van der Waals surface area contributed by atoms with Crippen LogP contribution in [0.1, 0.15) is 24.7 Å². The van der Waals surface area contributed by atoms with Crippen LogP contribution in [0.15, 0.2) is 35.6 Å². The molecular weight excluding hydrogens is 304 g/mol. The van der Waals surface area contributed by atoms with Gasteiger partial charge in [0.15, 0.2) is 5.78 Å². The fourth-order valence-electron chi connectivity index (χ4n) is 1.99. The lowest BCUT2D eigenvalue weighted by molar-refractivity contribution is -0.112. The van der Waals surface area contributed by atoms with Gasteiger partial charge in [-0.05, 0) is 45.4 Å². The minimum atomic E-state index is -0.0148. The Morgan fingerprint density at radius 1 is 1.29 bits per heavy atom. The van der Waals surface area contributed by atoms with Gasteiger partial charge < -0.3 is 5.32 Å². The van der Waals surface area contributed by atoms with Crippen LogP contribution < -0.4 is 10.9 Å². The zero-order valence-corrected chi connectivity index (χ0v) is 14.2. The molecule has 2 aromatic rings. The van der Waals surface area contributed by atoms with Crippen LogP contribution in [0.25, 0.3) is 6.20 Å². The van der Waals surface area contributed by atoms with Gasteiger partial charge in [-0.1, -0.05) is 0 Å². The number of nitrogens with zero attached hydrogens (tertiary/aromatic N) is 5. The number of aromatic nitrogens is 4. The highest BCUT2D eigenvalue weighted by molar-refractivity contribution is 5.89. The summed E-state index contributed by atoms with van der Waals surface area (Å²) in [5.41, 5.74) is 2.48. The third-order valence-corrected chi connectivity index (χ3v) is 3.23. The summed E-state index contributed by atoms with van der Waals surface area (Å²) in [5, 5.41) is 3.17. The molecule has 2 heterocycles. The van der Waals surface area contributed by atoms with E-state index in [0.29, 0.717) is 18.1 Å². The van der Waals surface area contributed by atoms with Crippen molar-refractivity contribution >= 4 is 17.9 Å². The van der Waals surface area contributed by atoms with Crippen molar-refractivity contribution in [2.24, 2.45) is 4.99 Å². The van der Waals surface area contributed by atoms with Gasteiger partial charge in [-0.2, -0.15) is 0 Å². The summed E-state index contributed by atoms with van der Waals surface area (Å²) in [5.74, 6) is 0.613. The number of allylic oxidation sites excluding steroid dienone is 1. The standard InChI is InChI=1S/C17H22N6O/c1-13-5-10-19-16(22-13)18-8-4-9-20-17-21-11-6-14(2)23(17)12-7-15(3)24/h5-7,10-12H,4,8-9H2,1-3H3,(H,18,19,22)/b12-7+,20-17?. The van der Waals surface area contributed by atoms with Crippen LogP contribution in [0, 0.1) is 13.8 Å². The molecule has 0 unspecified atom stereocenters. The van der Waals surface area contributed by atoms with Crippen LogP contribution in [0.3, 0.4) is 0 Å². The van der Waals surface area contributed by atoms with Crippen LogP contribution in [-0.4, -0.2) is 38.4 Å². The fourth-order valence-corrected chi connectivity index (χ4v) is 1.99. The predicted octanol–water partition coefficient (Wildman–Crippen LogP) is 1.75. The van der Waals surface area contributed by atoms with Gasteiger partial charge in [0.2, 0.25) is 11.6 Å². The first-order valence-electron chi connectivity index (χ1n) is 7.83. The van der Waals surface area contributed by atoms with E-state index in [1.807, 2.05) is 26.0 Å². The lowest BCUT2D eigenvalue weighted by atomic mass is 10.4. The van der Waals surface area contributed by atoms with Crippen molar-refractivity contribution in [3.05, 3.63) is 47.6 Å². The normalized spacial score (nSPS) is 11.9. The fraction of sp³-hybridized carbons (Fsp3) is 0.353. The molecule has 0 radical (unpaired) electrons. The molecule has 0 saturated heterocycles. The van der Waals surface area contributed by atoms with Gasteiger partial charge in [0.25, 0.3) is 0 Å². The molecule has 0 aliphatic heterocycles. The molecule has 0 fully saturated rings. The number of carbonyl (C=O) groups is 1. The molecule has 0 saturated carbocycles. The molecule has 0 aliphatic rings. The lowest BCUT2D eigenvalue weighted by Crippen LogP contribution is -2.23. The number of carbonyl (C=O) groups excluding carboxylic acids is 1. The summed E-state index contributed by atoms with van der Waals surface area (Å²) >= 11 is 0. The third-order valence-electron chi connectivity index (χ3n) is 3.23. The van der Waals surface area contributed by atoms with Crippen molar-refractivity contribution in [3.63, 3.8) is 0 Å². The maximum atomic E-state index is 11.1. The van der Waals surface area contributed by atoms with Crippen molar-refractivity contribution in [2.75, 3.05) is 18.4 Å². The maximum absolute atomic E-state index is 11.1. The van der Waals surface area contributed by atoms with E-state index < -0.39 is 0 Å². The van der Waals surface area contributed by atoms with Crippen molar-refractivity contribution in [2.45, 2.75) is 27.2 Å². The molecule has 0 atom stereocenters. The number of ketones is 1. The molecule has 7 nitrogen and oxygen atoms in total. The topological polar surface area (TPSA) is 85.1 Å². The molecule has 0 aromatic carbocycles. The SMILES string of the molecule is CC(=O)/C=C/n1c(C)ccnc1=NCCCNc1nccc(C)n1. The lowest BCUT2D eigenvalue weighted by Gasteiger charge is -2.05. The molecular formula is C17H22N6O. The van der Waals surface area contributed by atoms with E-state index in [4.69, 9.17) is 0 Å². The molecule has 24 heavy (non-hydrogen) atoms. The largest absolute Gasteiger partial charge is 0.354 e. The summed E-state index contributed by atoms with van der Waals surface area (Å²) in [6.07, 6.45) is 7.47. The predicted molar refractivity (Wildman–Crippen MR) is 93.3 cm³/mol.